The van der Waals surface area contributed by atoms with Crippen molar-refractivity contribution in [3.8, 4) is 5.75 Å². The van der Waals surface area contributed by atoms with Crippen LogP contribution >= 0.6 is 11.6 Å². The van der Waals surface area contributed by atoms with Gasteiger partial charge in [-0.05, 0) is 26.0 Å². The average Bonchev–Trinajstić information content (AvgIpc) is 2.44. The fraction of sp³-hybridized carbons (Fsp3) is 0.214. The monoisotopic (exact) mass is 290 g/mol. The molecule has 104 valence electrons. The van der Waals surface area contributed by atoms with Gasteiger partial charge in [0.1, 0.15) is 11.4 Å². The van der Waals surface area contributed by atoms with Crippen molar-refractivity contribution in [2.75, 3.05) is 12.8 Å². The highest BCUT2D eigenvalue weighted by Gasteiger charge is 2.13. The van der Waals surface area contributed by atoms with Crippen LogP contribution in [0.1, 0.15) is 18.2 Å². The van der Waals surface area contributed by atoms with E-state index in [4.69, 9.17) is 22.1 Å². The van der Waals surface area contributed by atoms with Gasteiger partial charge in [-0.25, -0.2) is 4.99 Å². The molecule has 5 nitrogen and oxygen atoms in total. The van der Waals surface area contributed by atoms with E-state index < -0.39 is 0 Å². The van der Waals surface area contributed by atoms with Crippen LogP contribution in [0.2, 0.25) is 5.15 Å². The van der Waals surface area contributed by atoms with Crippen molar-refractivity contribution >= 4 is 28.7 Å². The molecule has 2 rings (SSSR count). The quantitative estimate of drug-likeness (QED) is 0.881. The Labute approximate surface area is 122 Å². The van der Waals surface area contributed by atoms with E-state index in [1.165, 1.54) is 0 Å². The van der Waals surface area contributed by atoms with Crippen molar-refractivity contribution in [2.45, 2.75) is 13.8 Å². The molecule has 0 bridgehead atoms. The Morgan fingerprint density at radius 2 is 2.00 bits per heavy atom. The van der Waals surface area contributed by atoms with Crippen molar-refractivity contribution in [3.63, 3.8) is 0 Å². The molecule has 1 aromatic carbocycles. The first-order valence-electron chi connectivity index (χ1n) is 6.01. The van der Waals surface area contributed by atoms with Gasteiger partial charge in [-0.15, -0.1) is 5.10 Å². The first-order valence-corrected chi connectivity index (χ1v) is 6.39. The molecule has 1 heterocycles. The predicted octanol–water partition coefficient (Wildman–Crippen LogP) is 3.17. The Hall–Kier alpha value is -2.14. The summed E-state index contributed by atoms with van der Waals surface area (Å²) in [7, 11) is 1.61. The van der Waals surface area contributed by atoms with Crippen molar-refractivity contribution < 1.29 is 4.74 Å². The van der Waals surface area contributed by atoms with E-state index in [0.717, 1.165) is 5.69 Å². The number of methoxy groups -OCH3 is 1. The van der Waals surface area contributed by atoms with E-state index in [1.807, 2.05) is 38.1 Å². The lowest BCUT2D eigenvalue weighted by atomic mass is 10.1. The van der Waals surface area contributed by atoms with Crippen LogP contribution in [0, 0.1) is 6.92 Å². The van der Waals surface area contributed by atoms with Crippen LogP contribution in [0.15, 0.2) is 29.3 Å². The van der Waals surface area contributed by atoms with Crippen LogP contribution in [0.4, 0.5) is 11.4 Å². The second-order valence-electron chi connectivity index (χ2n) is 4.23. The molecular formula is C14H15ClN4O. The zero-order chi connectivity index (χ0) is 14.7. The fourth-order valence-electron chi connectivity index (χ4n) is 1.94. The van der Waals surface area contributed by atoms with E-state index in [0.29, 0.717) is 28.4 Å². The van der Waals surface area contributed by atoms with Crippen LogP contribution in [0.5, 0.6) is 5.75 Å². The van der Waals surface area contributed by atoms with Gasteiger partial charge in [0.25, 0.3) is 0 Å². The van der Waals surface area contributed by atoms with Gasteiger partial charge in [0.15, 0.2) is 5.15 Å². The van der Waals surface area contributed by atoms with Crippen molar-refractivity contribution in [1.29, 1.82) is 0 Å². The molecule has 0 atom stereocenters. The van der Waals surface area contributed by atoms with Crippen LogP contribution in [-0.2, 0) is 0 Å². The summed E-state index contributed by atoms with van der Waals surface area (Å²) in [6.45, 7) is 3.67. The molecular weight excluding hydrogens is 276 g/mol. The highest BCUT2D eigenvalue weighted by atomic mass is 35.5. The number of anilines is 1. The zero-order valence-corrected chi connectivity index (χ0v) is 12.3. The number of nitrogen functional groups attached to an aromatic ring is 1. The van der Waals surface area contributed by atoms with Gasteiger partial charge >= 0.3 is 0 Å². The molecule has 0 saturated heterocycles. The number of aliphatic imine (C=N–C) groups is 1. The lowest BCUT2D eigenvalue weighted by Gasteiger charge is -2.10. The largest absolute Gasteiger partial charge is 0.494 e. The Kier molecular flexibility index (Phi) is 4.20. The standard InChI is InChI=1S/C14H15ClN4O/c1-8(12-9(2)18-19-14(15)13(12)16)17-10-6-4-5-7-11(10)20-3/h4-7H,1-3H3,(H2,16,18). The molecule has 0 unspecified atom stereocenters. The SMILES string of the molecule is COc1ccccc1N=C(C)c1c(C)nnc(Cl)c1N. The maximum absolute atomic E-state index is 5.96. The summed E-state index contributed by atoms with van der Waals surface area (Å²) in [5.41, 5.74) is 9.17. The molecule has 0 fully saturated rings. The minimum Gasteiger partial charge on any atom is -0.494 e. The summed E-state index contributed by atoms with van der Waals surface area (Å²) in [6, 6.07) is 7.49. The molecule has 0 aliphatic carbocycles. The summed E-state index contributed by atoms with van der Waals surface area (Å²) in [4.78, 5) is 4.55. The molecule has 0 spiro atoms. The molecule has 0 amide bonds. The normalized spacial score (nSPS) is 11.5. The molecule has 0 aliphatic heterocycles. The first kappa shape index (κ1) is 14.3. The molecule has 1 aromatic heterocycles. The van der Waals surface area contributed by atoms with E-state index in [9.17, 15) is 0 Å². The number of hydrogen-bond acceptors (Lipinski definition) is 5. The molecule has 0 aliphatic rings. The van der Waals surface area contributed by atoms with Crippen LogP contribution in [-0.4, -0.2) is 23.0 Å². The third kappa shape index (κ3) is 2.72. The molecule has 6 heteroatoms. The number of nitrogens with zero attached hydrogens (tertiary/aromatic N) is 3. The summed E-state index contributed by atoms with van der Waals surface area (Å²) < 4.78 is 5.27. The number of hydrogen-bond donors (Lipinski definition) is 1. The lowest BCUT2D eigenvalue weighted by molar-refractivity contribution is 0.416. The second kappa shape index (κ2) is 5.88. The summed E-state index contributed by atoms with van der Waals surface area (Å²) in [5.74, 6) is 0.691. The van der Waals surface area contributed by atoms with Gasteiger partial charge in [-0.2, -0.15) is 5.10 Å². The van der Waals surface area contributed by atoms with Gasteiger partial charge in [0.2, 0.25) is 0 Å². The molecule has 2 N–H and O–H groups in total. The van der Waals surface area contributed by atoms with E-state index in [2.05, 4.69) is 15.2 Å². The van der Waals surface area contributed by atoms with Crippen LogP contribution < -0.4 is 10.5 Å². The minimum absolute atomic E-state index is 0.181. The Morgan fingerprint density at radius 1 is 1.30 bits per heavy atom. The maximum Gasteiger partial charge on any atom is 0.175 e. The highest BCUT2D eigenvalue weighted by Crippen LogP contribution is 2.29. The summed E-state index contributed by atoms with van der Waals surface area (Å²) >= 11 is 5.91. The molecule has 2 aromatic rings. The van der Waals surface area contributed by atoms with Gasteiger partial charge < -0.3 is 10.5 Å². The number of nitrogens with two attached hydrogens (primary N) is 1. The summed E-state index contributed by atoms with van der Waals surface area (Å²) in [6.07, 6.45) is 0. The van der Waals surface area contributed by atoms with E-state index >= 15 is 0 Å². The van der Waals surface area contributed by atoms with Gasteiger partial charge in [0.05, 0.1) is 18.5 Å². The van der Waals surface area contributed by atoms with Gasteiger partial charge in [-0.3, -0.25) is 0 Å². The number of benzene rings is 1. The zero-order valence-electron chi connectivity index (χ0n) is 11.5. The van der Waals surface area contributed by atoms with Crippen molar-refractivity contribution in [3.05, 3.63) is 40.7 Å². The fourth-order valence-corrected chi connectivity index (χ4v) is 2.07. The number of aromatic nitrogens is 2. The molecule has 0 saturated carbocycles. The van der Waals surface area contributed by atoms with Crippen molar-refractivity contribution in [1.82, 2.24) is 10.2 Å². The van der Waals surface area contributed by atoms with Crippen molar-refractivity contribution in [2.24, 2.45) is 4.99 Å². The number of rotatable bonds is 3. The Bertz CT molecular complexity index is 670. The summed E-state index contributed by atoms with van der Waals surface area (Å²) in [5, 5.41) is 7.92. The van der Waals surface area contributed by atoms with Gasteiger partial charge in [0, 0.05) is 11.3 Å². The average molecular weight is 291 g/mol. The van der Waals surface area contributed by atoms with E-state index in [-0.39, 0.29) is 5.15 Å². The predicted molar refractivity (Wildman–Crippen MR) is 81.1 cm³/mol. The van der Waals surface area contributed by atoms with Gasteiger partial charge in [-0.1, -0.05) is 23.7 Å². The maximum atomic E-state index is 5.96. The number of halogens is 1. The topological polar surface area (TPSA) is 73.4 Å². The van der Waals surface area contributed by atoms with Crippen LogP contribution in [0.3, 0.4) is 0 Å². The highest BCUT2D eigenvalue weighted by molar-refractivity contribution is 6.32. The first-order chi connectivity index (χ1) is 9.54. The minimum atomic E-state index is 0.181. The third-order valence-electron chi connectivity index (χ3n) is 2.88. The van der Waals surface area contributed by atoms with Crippen LogP contribution in [0.25, 0.3) is 0 Å². The third-order valence-corrected chi connectivity index (χ3v) is 3.16. The number of para-hydroxylation sites is 2. The Morgan fingerprint density at radius 3 is 2.70 bits per heavy atom. The number of ether oxygens (including phenoxy) is 1. The van der Waals surface area contributed by atoms with E-state index in [1.54, 1.807) is 7.11 Å². The molecule has 0 radical (unpaired) electrons. The smallest absolute Gasteiger partial charge is 0.175 e. The lowest BCUT2D eigenvalue weighted by Crippen LogP contribution is -2.08. The second-order valence-corrected chi connectivity index (χ2v) is 4.59. The number of aryl methyl sites for hydroxylation is 1. The molecule has 20 heavy (non-hydrogen) atoms. The Balaban J connectivity index is 2.54.